The van der Waals surface area contributed by atoms with Gasteiger partial charge in [-0.1, -0.05) is 19.3 Å². The van der Waals surface area contributed by atoms with Crippen LogP contribution in [0.4, 0.5) is 0 Å². The van der Waals surface area contributed by atoms with Crippen molar-refractivity contribution in [3.63, 3.8) is 0 Å². The normalized spacial score (nSPS) is 19.0. The zero-order chi connectivity index (χ0) is 13.8. The van der Waals surface area contributed by atoms with Gasteiger partial charge in [0.15, 0.2) is 0 Å². The summed E-state index contributed by atoms with van der Waals surface area (Å²) >= 11 is 5.63. The molecule has 5 heteroatoms. The van der Waals surface area contributed by atoms with E-state index in [4.69, 9.17) is 5.73 Å². The smallest absolute Gasteiger partial charge is 0.0704 e. The second-order valence-electron chi connectivity index (χ2n) is 5.62. The maximum absolute atomic E-state index is 6.38. The Kier molecular flexibility index (Phi) is 5.78. The van der Waals surface area contributed by atoms with Gasteiger partial charge in [0.1, 0.15) is 0 Å². The van der Waals surface area contributed by atoms with E-state index < -0.39 is 0 Å². The van der Waals surface area contributed by atoms with E-state index in [0.717, 1.165) is 21.2 Å². The highest BCUT2D eigenvalue weighted by Gasteiger charge is 2.21. The minimum Gasteiger partial charge on any atom is -0.322 e. The molecule has 0 spiro atoms. The molecule has 1 heterocycles. The predicted octanol–water partition coefficient (Wildman–Crippen LogP) is 4.29. The SMILES string of the molecule is CC(C)n1ncc(Br)c1C(N)CSC1CCCCC1. The van der Waals surface area contributed by atoms with Crippen LogP contribution < -0.4 is 5.73 Å². The van der Waals surface area contributed by atoms with E-state index >= 15 is 0 Å². The summed E-state index contributed by atoms with van der Waals surface area (Å²) in [5.41, 5.74) is 7.52. The number of hydrogen-bond donors (Lipinski definition) is 1. The van der Waals surface area contributed by atoms with Gasteiger partial charge in [0.25, 0.3) is 0 Å². The van der Waals surface area contributed by atoms with Gasteiger partial charge in [0, 0.05) is 17.0 Å². The number of nitrogens with zero attached hydrogens (tertiary/aromatic N) is 2. The van der Waals surface area contributed by atoms with Crippen LogP contribution in [0.25, 0.3) is 0 Å². The molecule has 1 saturated carbocycles. The first-order valence-electron chi connectivity index (χ1n) is 7.19. The third-order valence-corrected chi connectivity index (χ3v) is 5.80. The lowest BCUT2D eigenvalue weighted by Crippen LogP contribution is -2.21. The van der Waals surface area contributed by atoms with Crippen LogP contribution in [-0.4, -0.2) is 20.8 Å². The van der Waals surface area contributed by atoms with Crippen LogP contribution in [0.1, 0.15) is 63.7 Å². The predicted molar refractivity (Wildman–Crippen MR) is 86.6 cm³/mol. The summed E-state index contributed by atoms with van der Waals surface area (Å²) in [6.07, 6.45) is 8.78. The number of nitrogens with two attached hydrogens (primary N) is 1. The Morgan fingerprint density at radius 2 is 2.11 bits per heavy atom. The van der Waals surface area contributed by atoms with Gasteiger partial charge in [-0.2, -0.15) is 16.9 Å². The van der Waals surface area contributed by atoms with E-state index in [1.165, 1.54) is 32.1 Å². The fourth-order valence-electron chi connectivity index (χ4n) is 2.66. The molecule has 108 valence electrons. The number of rotatable bonds is 5. The lowest BCUT2D eigenvalue weighted by atomic mass is 10.0. The van der Waals surface area contributed by atoms with Gasteiger partial charge in [0.05, 0.1) is 22.4 Å². The summed E-state index contributed by atoms with van der Waals surface area (Å²) < 4.78 is 3.08. The van der Waals surface area contributed by atoms with Crippen molar-refractivity contribution >= 4 is 27.7 Å². The van der Waals surface area contributed by atoms with Crippen LogP contribution in [0.15, 0.2) is 10.7 Å². The zero-order valence-corrected chi connectivity index (χ0v) is 14.2. The second-order valence-corrected chi connectivity index (χ2v) is 7.80. The number of halogens is 1. The Balaban J connectivity index is 1.95. The molecule has 0 bridgehead atoms. The molecule has 2 rings (SSSR count). The average molecular weight is 346 g/mol. The summed E-state index contributed by atoms with van der Waals surface area (Å²) in [6.45, 7) is 4.29. The van der Waals surface area contributed by atoms with Crippen molar-refractivity contribution in [1.29, 1.82) is 0 Å². The van der Waals surface area contributed by atoms with Gasteiger partial charge >= 0.3 is 0 Å². The molecule has 1 fully saturated rings. The number of hydrogen-bond acceptors (Lipinski definition) is 3. The third kappa shape index (κ3) is 3.99. The maximum Gasteiger partial charge on any atom is 0.0704 e. The van der Waals surface area contributed by atoms with E-state index in [2.05, 4.69) is 34.9 Å². The maximum atomic E-state index is 6.38. The summed E-state index contributed by atoms with van der Waals surface area (Å²) in [7, 11) is 0. The third-order valence-electron chi connectivity index (χ3n) is 3.69. The first kappa shape index (κ1) is 15.4. The van der Waals surface area contributed by atoms with Crippen LogP contribution in [0.5, 0.6) is 0 Å². The van der Waals surface area contributed by atoms with Crippen LogP contribution in [0, 0.1) is 0 Å². The molecule has 0 saturated heterocycles. The molecule has 0 radical (unpaired) electrons. The van der Waals surface area contributed by atoms with Gasteiger partial charge in [-0.05, 0) is 42.6 Å². The minimum atomic E-state index is 0.0613. The average Bonchev–Trinajstić information content (AvgIpc) is 2.79. The van der Waals surface area contributed by atoms with Crippen molar-refractivity contribution in [2.75, 3.05) is 5.75 Å². The van der Waals surface area contributed by atoms with E-state index in [-0.39, 0.29) is 6.04 Å². The van der Waals surface area contributed by atoms with Crippen molar-refractivity contribution in [3.8, 4) is 0 Å². The van der Waals surface area contributed by atoms with Crippen molar-refractivity contribution in [2.24, 2.45) is 5.73 Å². The molecule has 2 N–H and O–H groups in total. The fraction of sp³-hybridized carbons (Fsp3) is 0.786. The summed E-state index contributed by atoms with van der Waals surface area (Å²) in [5.74, 6) is 0.988. The van der Waals surface area contributed by atoms with E-state index in [9.17, 15) is 0 Å². The monoisotopic (exact) mass is 345 g/mol. The second kappa shape index (κ2) is 7.14. The Morgan fingerprint density at radius 3 is 2.74 bits per heavy atom. The highest BCUT2D eigenvalue weighted by atomic mass is 79.9. The van der Waals surface area contributed by atoms with Gasteiger partial charge in [-0.25, -0.2) is 0 Å². The van der Waals surface area contributed by atoms with Crippen molar-refractivity contribution in [1.82, 2.24) is 9.78 Å². The van der Waals surface area contributed by atoms with Gasteiger partial charge in [0.2, 0.25) is 0 Å². The van der Waals surface area contributed by atoms with Crippen LogP contribution in [0.3, 0.4) is 0 Å². The van der Waals surface area contributed by atoms with Crippen molar-refractivity contribution in [2.45, 2.75) is 63.3 Å². The van der Waals surface area contributed by atoms with Crippen LogP contribution in [-0.2, 0) is 0 Å². The quantitative estimate of drug-likeness (QED) is 0.865. The first-order chi connectivity index (χ1) is 9.09. The molecule has 1 aliphatic rings. The molecule has 1 atom stereocenters. The van der Waals surface area contributed by atoms with Crippen LogP contribution >= 0.6 is 27.7 Å². The Bertz CT molecular complexity index is 399. The molecule has 1 aromatic heterocycles. The van der Waals surface area contributed by atoms with Crippen molar-refractivity contribution in [3.05, 3.63) is 16.4 Å². The molecule has 1 unspecified atom stereocenters. The summed E-state index contributed by atoms with van der Waals surface area (Å²) in [5, 5.41) is 5.23. The molecule has 0 amide bonds. The molecule has 3 nitrogen and oxygen atoms in total. The molecule has 1 aliphatic carbocycles. The van der Waals surface area contributed by atoms with Gasteiger partial charge < -0.3 is 5.73 Å². The molecule has 1 aromatic rings. The summed E-state index contributed by atoms with van der Waals surface area (Å²) in [4.78, 5) is 0. The Morgan fingerprint density at radius 1 is 1.42 bits per heavy atom. The molecule has 19 heavy (non-hydrogen) atoms. The topological polar surface area (TPSA) is 43.8 Å². The standard InChI is InChI=1S/C14H24BrN3S/c1-10(2)18-14(12(15)8-17-18)13(16)9-19-11-6-4-3-5-7-11/h8,10-11,13H,3-7,9,16H2,1-2H3. The highest BCUT2D eigenvalue weighted by Crippen LogP contribution is 2.32. The number of thioether (sulfide) groups is 1. The van der Waals surface area contributed by atoms with Crippen LogP contribution in [0.2, 0.25) is 0 Å². The fourth-order valence-corrected chi connectivity index (χ4v) is 4.53. The first-order valence-corrected chi connectivity index (χ1v) is 9.04. The summed E-state index contributed by atoms with van der Waals surface area (Å²) in [6, 6.07) is 0.415. The Hall–Kier alpha value is -0.0000000000000000555. The van der Waals surface area contributed by atoms with E-state index in [1.807, 2.05) is 22.6 Å². The highest BCUT2D eigenvalue weighted by molar-refractivity contribution is 9.10. The number of aromatic nitrogens is 2. The van der Waals surface area contributed by atoms with Gasteiger partial charge in [-0.15, -0.1) is 0 Å². The van der Waals surface area contributed by atoms with E-state index in [0.29, 0.717) is 6.04 Å². The van der Waals surface area contributed by atoms with Crippen molar-refractivity contribution < 1.29 is 0 Å². The minimum absolute atomic E-state index is 0.0613. The zero-order valence-electron chi connectivity index (χ0n) is 11.8. The van der Waals surface area contributed by atoms with E-state index in [1.54, 1.807) is 0 Å². The Labute approximate surface area is 128 Å². The largest absolute Gasteiger partial charge is 0.322 e. The molecular weight excluding hydrogens is 322 g/mol. The molecular formula is C14H24BrN3S. The van der Waals surface area contributed by atoms with Gasteiger partial charge in [-0.3, -0.25) is 4.68 Å². The lowest BCUT2D eigenvalue weighted by Gasteiger charge is -2.23. The lowest BCUT2D eigenvalue weighted by molar-refractivity contribution is 0.493. The molecule has 0 aliphatic heterocycles. The molecule has 0 aromatic carbocycles.